The van der Waals surface area contributed by atoms with Gasteiger partial charge in [0, 0.05) is 24.2 Å². The third-order valence-corrected chi connectivity index (χ3v) is 5.79. The molecule has 0 spiro atoms. The highest BCUT2D eigenvalue weighted by atomic mass is 35.5. The number of amides is 1. The fraction of sp³-hybridized carbons (Fsp3) is 0.286. The van der Waals surface area contributed by atoms with Crippen molar-refractivity contribution >= 4 is 40.0 Å². The smallest absolute Gasteiger partial charge is 0.329 e. The third kappa shape index (κ3) is 4.08. The van der Waals surface area contributed by atoms with Crippen LogP contribution in [-0.4, -0.2) is 40.1 Å². The number of aromatic amines is 1. The molecule has 0 aliphatic carbocycles. The average molecular weight is 448 g/mol. The van der Waals surface area contributed by atoms with Crippen LogP contribution in [0, 0.1) is 0 Å². The number of aromatic nitrogens is 2. The van der Waals surface area contributed by atoms with Gasteiger partial charge in [0.2, 0.25) is 0 Å². The van der Waals surface area contributed by atoms with E-state index in [-0.39, 0.29) is 24.1 Å². The number of carbonyl (C=O) groups is 1. The molecule has 1 N–H and O–H groups in total. The standard InChI is InChI=1S/C21H19Cl2N3O4/c22-13-5-6-18(16(23)11-13)30-12-19(27)25-9-7-14(8-10-25)26-20(28)15-3-1-2-4-17(15)24-21(26)29/h1-6,11,14H,7-10,12H2,(H,24,29). The number of nitrogens with zero attached hydrogens (tertiary/aromatic N) is 2. The molecule has 30 heavy (non-hydrogen) atoms. The molecule has 1 amide bonds. The molecular weight excluding hydrogens is 429 g/mol. The van der Waals surface area contributed by atoms with Crippen LogP contribution in [0.15, 0.2) is 52.1 Å². The van der Waals surface area contributed by atoms with Crippen molar-refractivity contribution < 1.29 is 9.53 Å². The number of H-pyrrole nitrogens is 1. The lowest BCUT2D eigenvalue weighted by Gasteiger charge is -2.32. The van der Waals surface area contributed by atoms with E-state index in [1.165, 1.54) is 4.57 Å². The van der Waals surface area contributed by atoms with Gasteiger partial charge in [0.05, 0.1) is 15.9 Å². The number of rotatable bonds is 4. The van der Waals surface area contributed by atoms with Crippen LogP contribution >= 0.6 is 23.2 Å². The predicted molar refractivity (Wildman–Crippen MR) is 116 cm³/mol. The lowest BCUT2D eigenvalue weighted by molar-refractivity contribution is -0.134. The van der Waals surface area contributed by atoms with Gasteiger partial charge < -0.3 is 14.6 Å². The van der Waals surface area contributed by atoms with Gasteiger partial charge in [-0.05, 0) is 43.2 Å². The Bertz CT molecular complexity index is 1210. The van der Waals surface area contributed by atoms with Gasteiger partial charge >= 0.3 is 5.69 Å². The van der Waals surface area contributed by atoms with Crippen molar-refractivity contribution in [3.63, 3.8) is 0 Å². The first-order valence-electron chi connectivity index (χ1n) is 9.53. The van der Waals surface area contributed by atoms with Crippen molar-refractivity contribution in [2.24, 2.45) is 0 Å². The van der Waals surface area contributed by atoms with Gasteiger partial charge in [0.1, 0.15) is 5.75 Å². The number of para-hydroxylation sites is 1. The number of piperidine rings is 1. The van der Waals surface area contributed by atoms with E-state index < -0.39 is 5.69 Å². The molecular formula is C21H19Cl2N3O4. The number of hydrogen-bond acceptors (Lipinski definition) is 4. The van der Waals surface area contributed by atoms with Crippen molar-refractivity contribution in [2.45, 2.75) is 18.9 Å². The van der Waals surface area contributed by atoms with Crippen LogP contribution in [0.5, 0.6) is 5.75 Å². The molecule has 1 aliphatic rings. The molecule has 2 aromatic carbocycles. The predicted octanol–water partition coefficient (Wildman–Crippen LogP) is 3.24. The number of hydrogen-bond donors (Lipinski definition) is 1. The summed E-state index contributed by atoms with van der Waals surface area (Å²) in [5.41, 5.74) is -0.210. The van der Waals surface area contributed by atoms with Crippen LogP contribution in [-0.2, 0) is 4.79 Å². The molecule has 0 saturated carbocycles. The van der Waals surface area contributed by atoms with Gasteiger partial charge in [0.25, 0.3) is 11.5 Å². The number of ether oxygens (including phenoxy) is 1. The Hall–Kier alpha value is -2.77. The molecule has 1 fully saturated rings. The second-order valence-corrected chi connectivity index (χ2v) is 7.97. The number of fused-ring (bicyclic) bond motifs is 1. The Morgan fingerprint density at radius 3 is 2.57 bits per heavy atom. The fourth-order valence-electron chi connectivity index (χ4n) is 3.70. The fourth-order valence-corrected chi connectivity index (χ4v) is 4.17. The highest BCUT2D eigenvalue weighted by Gasteiger charge is 2.26. The maximum atomic E-state index is 12.8. The molecule has 2 heterocycles. The molecule has 0 atom stereocenters. The van der Waals surface area contributed by atoms with Crippen LogP contribution in [0.3, 0.4) is 0 Å². The summed E-state index contributed by atoms with van der Waals surface area (Å²) in [4.78, 5) is 42.2. The van der Waals surface area contributed by atoms with Crippen molar-refractivity contribution in [1.82, 2.24) is 14.5 Å². The lowest BCUT2D eigenvalue weighted by atomic mass is 10.0. The second kappa shape index (κ2) is 8.53. The number of likely N-dealkylation sites (tertiary alicyclic amines) is 1. The van der Waals surface area contributed by atoms with Crippen LogP contribution in [0.4, 0.5) is 0 Å². The largest absolute Gasteiger partial charge is 0.482 e. The van der Waals surface area contributed by atoms with Crippen LogP contribution in [0.2, 0.25) is 10.0 Å². The van der Waals surface area contributed by atoms with Gasteiger partial charge in [-0.2, -0.15) is 0 Å². The first-order valence-corrected chi connectivity index (χ1v) is 10.3. The quantitative estimate of drug-likeness (QED) is 0.664. The normalized spacial score (nSPS) is 14.8. The van der Waals surface area contributed by atoms with E-state index in [1.54, 1.807) is 47.4 Å². The lowest BCUT2D eigenvalue weighted by Crippen LogP contribution is -2.46. The molecule has 4 rings (SSSR count). The Morgan fingerprint density at radius 2 is 1.83 bits per heavy atom. The van der Waals surface area contributed by atoms with E-state index in [2.05, 4.69) is 4.98 Å². The molecule has 1 aliphatic heterocycles. The molecule has 0 radical (unpaired) electrons. The Labute approximate surface area is 181 Å². The number of benzene rings is 2. The van der Waals surface area contributed by atoms with E-state index in [4.69, 9.17) is 27.9 Å². The van der Waals surface area contributed by atoms with Gasteiger partial charge in [-0.15, -0.1) is 0 Å². The number of halogens is 2. The summed E-state index contributed by atoms with van der Waals surface area (Å²) >= 11 is 11.9. The first kappa shape index (κ1) is 20.5. The SMILES string of the molecule is O=C(COc1ccc(Cl)cc1Cl)N1CCC(n2c(=O)[nH]c3ccccc3c2=O)CC1. The minimum absolute atomic E-state index is 0.150. The summed E-state index contributed by atoms with van der Waals surface area (Å²) in [7, 11) is 0. The molecule has 9 heteroatoms. The highest BCUT2D eigenvalue weighted by molar-refractivity contribution is 6.35. The van der Waals surface area contributed by atoms with Crippen molar-refractivity contribution in [2.75, 3.05) is 19.7 Å². The summed E-state index contributed by atoms with van der Waals surface area (Å²) in [5.74, 6) is 0.206. The summed E-state index contributed by atoms with van der Waals surface area (Å²) in [6.07, 6.45) is 1.02. The topological polar surface area (TPSA) is 84.4 Å². The van der Waals surface area contributed by atoms with Crippen LogP contribution in [0.1, 0.15) is 18.9 Å². The minimum Gasteiger partial charge on any atom is -0.482 e. The van der Waals surface area contributed by atoms with Crippen LogP contribution < -0.4 is 16.0 Å². The zero-order chi connectivity index (χ0) is 21.3. The molecule has 7 nitrogen and oxygen atoms in total. The van der Waals surface area contributed by atoms with Crippen molar-refractivity contribution in [3.05, 3.63) is 73.3 Å². The zero-order valence-corrected chi connectivity index (χ0v) is 17.4. The van der Waals surface area contributed by atoms with E-state index in [9.17, 15) is 14.4 Å². The zero-order valence-electron chi connectivity index (χ0n) is 15.9. The Kier molecular flexibility index (Phi) is 5.83. The minimum atomic E-state index is -0.427. The van der Waals surface area contributed by atoms with Gasteiger partial charge in [0.15, 0.2) is 6.61 Å². The van der Waals surface area contributed by atoms with Crippen LogP contribution in [0.25, 0.3) is 10.9 Å². The van der Waals surface area contributed by atoms with E-state index >= 15 is 0 Å². The molecule has 1 aromatic heterocycles. The first-order chi connectivity index (χ1) is 14.4. The summed E-state index contributed by atoms with van der Waals surface area (Å²) in [5, 5.41) is 1.30. The maximum Gasteiger partial charge on any atom is 0.329 e. The van der Waals surface area contributed by atoms with E-state index in [0.717, 1.165) is 0 Å². The van der Waals surface area contributed by atoms with Gasteiger partial charge in [-0.1, -0.05) is 35.3 Å². The van der Waals surface area contributed by atoms with Gasteiger partial charge in [-0.3, -0.25) is 14.2 Å². The highest BCUT2D eigenvalue weighted by Crippen LogP contribution is 2.27. The molecule has 1 saturated heterocycles. The molecule has 156 valence electrons. The van der Waals surface area contributed by atoms with E-state index in [0.29, 0.717) is 52.6 Å². The monoisotopic (exact) mass is 447 g/mol. The molecule has 0 bridgehead atoms. The molecule has 0 unspecified atom stereocenters. The Balaban J connectivity index is 1.41. The van der Waals surface area contributed by atoms with Crippen molar-refractivity contribution in [3.8, 4) is 5.75 Å². The second-order valence-electron chi connectivity index (χ2n) is 7.13. The summed E-state index contributed by atoms with van der Waals surface area (Å²) in [6.45, 7) is 0.711. The van der Waals surface area contributed by atoms with Crippen molar-refractivity contribution in [1.29, 1.82) is 0 Å². The summed E-state index contributed by atoms with van der Waals surface area (Å²) in [6, 6.07) is 11.5. The maximum absolute atomic E-state index is 12.8. The van der Waals surface area contributed by atoms with Gasteiger partial charge in [-0.25, -0.2) is 4.79 Å². The Morgan fingerprint density at radius 1 is 1.10 bits per heavy atom. The number of nitrogens with one attached hydrogen (secondary N) is 1. The average Bonchev–Trinajstić information content (AvgIpc) is 2.73. The van der Waals surface area contributed by atoms with E-state index in [1.807, 2.05) is 0 Å². The summed E-state index contributed by atoms with van der Waals surface area (Å²) < 4.78 is 6.78. The molecule has 3 aromatic rings. The number of carbonyl (C=O) groups excluding carboxylic acids is 1. The third-order valence-electron chi connectivity index (χ3n) is 5.26.